The first kappa shape index (κ1) is 14.9. The lowest BCUT2D eigenvalue weighted by molar-refractivity contribution is 0.559. The summed E-state index contributed by atoms with van der Waals surface area (Å²) in [6.07, 6.45) is 0. The minimum atomic E-state index is -0.252. The van der Waals surface area contributed by atoms with Crippen molar-refractivity contribution in [1.29, 1.82) is 0 Å². The van der Waals surface area contributed by atoms with Crippen LogP contribution in [0.3, 0.4) is 0 Å². The fraction of sp³-hybridized carbons (Fsp3) is 0.250. The van der Waals surface area contributed by atoms with E-state index >= 15 is 0 Å². The summed E-state index contributed by atoms with van der Waals surface area (Å²) in [5.41, 5.74) is 2.38. The molecule has 0 spiro atoms. The monoisotopic (exact) mass is 317 g/mol. The van der Waals surface area contributed by atoms with E-state index in [2.05, 4.69) is 10.3 Å². The molecule has 6 heteroatoms. The van der Waals surface area contributed by atoms with Gasteiger partial charge in [-0.25, -0.2) is 9.37 Å². The average Bonchev–Trinajstić information content (AvgIpc) is 2.86. The van der Waals surface area contributed by atoms with Crippen molar-refractivity contribution in [2.45, 2.75) is 26.4 Å². The highest BCUT2D eigenvalue weighted by molar-refractivity contribution is 7.15. The molecule has 1 atom stereocenters. The molecule has 0 aliphatic rings. The van der Waals surface area contributed by atoms with Gasteiger partial charge in [-0.3, -0.25) is 9.20 Å². The van der Waals surface area contributed by atoms with Crippen LogP contribution < -0.4 is 10.9 Å². The Labute approximate surface area is 131 Å². The van der Waals surface area contributed by atoms with E-state index in [9.17, 15) is 9.18 Å². The van der Waals surface area contributed by atoms with Crippen molar-refractivity contribution >= 4 is 16.3 Å². The Kier molecular flexibility index (Phi) is 4.04. The van der Waals surface area contributed by atoms with E-state index in [1.54, 1.807) is 10.5 Å². The normalized spacial score (nSPS) is 12.7. The van der Waals surface area contributed by atoms with Gasteiger partial charge in [0.15, 0.2) is 4.96 Å². The molecule has 0 saturated carbocycles. The number of aromatic nitrogens is 2. The van der Waals surface area contributed by atoms with Crippen LogP contribution in [0.4, 0.5) is 4.39 Å². The SMILES string of the molecule is Cc1csc2nc(CN[C@@H](C)c3cccc(F)c3)cc(=O)n12. The molecule has 0 aliphatic carbocycles. The molecule has 1 N–H and O–H groups in total. The lowest BCUT2D eigenvalue weighted by Crippen LogP contribution is -2.22. The minimum Gasteiger partial charge on any atom is -0.305 e. The molecule has 0 bridgehead atoms. The third kappa shape index (κ3) is 2.93. The van der Waals surface area contributed by atoms with Gasteiger partial charge in [0, 0.05) is 29.7 Å². The highest BCUT2D eigenvalue weighted by Gasteiger charge is 2.09. The zero-order valence-corrected chi connectivity index (χ0v) is 13.2. The lowest BCUT2D eigenvalue weighted by atomic mass is 10.1. The predicted molar refractivity (Wildman–Crippen MR) is 85.7 cm³/mol. The van der Waals surface area contributed by atoms with Gasteiger partial charge in [0.05, 0.1) is 5.69 Å². The lowest BCUT2D eigenvalue weighted by Gasteiger charge is -2.14. The van der Waals surface area contributed by atoms with Crippen molar-refractivity contribution in [3.05, 3.63) is 68.8 Å². The quantitative estimate of drug-likeness (QED) is 0.804. The van der Waals surface area contributed by atoms with Crippen molar-refractivity contribution in [1.82, 2.24) is 14.7 Å². The zero-order chi connectivity index (χ0) is 15.7. The van der Waals surface area contributed by atoms with E-state index in [1.807, 2.05) is 25.3 Å². The third-order valence-corrected chi connectivity index (χ3v) is 4.51. The maximum absolute atomic E-state index is 13.2. The summed E-state index contributed by atoms with van der Waals surface area (Å²) in [5.74, 6) is -0.252. The van der Waals surface area contributed by atoms with Crippen molar-refractivity contribution < 1.29 is 4.39 Å². The Morgan fingerprint density at radius 3 is 3.00 bits per heavy atom. The number of rotatable bonds is 4. The summed E-state index contributed by atoms with van der Waals surface area (Å²) in [4.78, 5) is 17.3. The van der Waals surface area contributed by atoms with Crippen LogP contribution in [0.15, 0.2) is 40.5 Å². The van der Waals surface area contributed by atoms with Gasteiger partial charge in [-0.2, -0.15) is 0 Å². The second kappa shape index (κ2) is 5.98. The Balaban J connectivity index is 1.78. The average molecular weight is 317 g/mol. The van der Waals surface area contributed by atoms with Gasteiger partial charge in [-0.05, 0) is 31.5 Å². The van der Waals surface area contributed by atoms with Crippen LogP contribution in [0.2, 0.25) is 0 Å². The number of nitrogens with zero attached hydrogens (tertiary/aromatic N) is 2. The first-order valence-corrected chi connectivity index (χ1v) is 7.88. The smallest absolute Gasteiger partial charge is 0.259 e. The molecule has 0 fully saturated rings. The van der Waals surface area contributed by atoms with Crippen LogP contribution in [0.1, 0.15) is 29.9 Å². The van der Waals surface area contributed by atoms with E-state index in [4.69, 9.17) is 0 Å². The Hall–Kier alpha value is -2.05. The van der Waals surface area contributed by atoms with E-state index < -0.39 is 0 Å². The van der Waals surface area contributed by atoms with Gasteiger partial charge in [-0.1, -0.05) is 12.1 Å². The van der Waals surface area contributed by atoms with Crippen LogP contribution in [0, 0.1) is 12.7 Å². The molecule has 1 aromatic carbocycles. The fourth-order valence-corrected chi connectivity index (χ4v) is 3.23. The molecule has 2 heterocycles. The highest BCUT2D eigenvalue weighted by atomic mass is 32.1. The van der Waals surface area contributed by atoms with E-state index in [0.717, 1.165) is 11.3 Å². The van der Waals surface area contributed by atoms with Gasteiger partial charge in [0.25, 0.3) is 5.56 Å². The van der Waals surface area contributed by atoms with Gasteiger partial charge < -0.3 is 5.32 Å². The minimum absolute atomic E-state index is 0.0268. The molecule has 4 nitrogen and oxygen atoms in total. The van der Waals surface area contributed by atoms with Gasteiger partial charge in [0.1, 0.15) is 5.82 Å². The molecule has 0 saturated heterocycles. The number of hydrogen-bond donors (Lipinski definition) is 1. The summed E-state index contributed by atoms with van der Waals surface area (Å²) in [7, 11) is 0. The summed E-state index contributed by atoms with van der Waals surface area (Å²) < 4.78 is 14.8. The van der Waals surface area contributed by atoms with Crippen LogP contribution in [0.25, 0.3) is 4.96 Å². The third-order valence-electron chi connectivity index (χ3n) is 3.57. The van der Waals surface area contributed by atoms with Crippen LogP contribution >= 0.6 is 11.3 Å². The summed E-state index contributed by atoms with van der Waals surface area (Å²) in [6.45, 7) is 4.30. The van der Waals surface area contributed by atoms with Crippen molar-refractivity contribution in [3.8, 4) is 0 Å². The van der Waals surface area contributed by atoms with Crippen LogP contribution in [-0.2, 0) is 6.54 Å². The maximum Gasteiger partial charge on any atom is 0.259 e. The molecule has 114 valence electrons. The second-order valence-corrected chi connectivity index (χ2v) is 6.07. The predicted octanol–water partition coefficient (Wildman–Crippen LogP) is 3.05. The summed E-state index contributed by atoms with van der Waals surface area (Å²) >= 11 is 1.45. The van der Waals surface area contributed by atoms with Crippen molar-refractivity contribution in [2.75, 3.05) is 0 Å². The molecule has 2 aromatic heterocycles. The van der Waals surface area contributed by atoms with Gasteiger partial charge in [-0.15, -0.1) is 11.3 Å². The van der Waals surface area contributed by atoms with Crippen molar-refractivity contribution in [2.24, 2.45) is 0 Å². The number of benzene rings is 1. The van der Waals surface area contributed by atoms with Gasteiger partial charge in [0.2, 0.25) is 0 Å². The molecule has 0 radical (unpaired) electrons. The standard InChI is InChI=1S/C16H16FN3OS/c1-10-9-22-16-19-14(7-15(21)20(10)16)8-18-11(2)12-4-3-5-13(17)6-12/h3-7,9,11,18H,8H2,1-2H3/t11-/m0/s1. The number of fused-ring (bicyclic) bond motifs is 1. The Morgan fingerprint density at radius 2 is 2.23 bits per heavy atom. The zero-order valence-electron chi connectivity index (χ0n) is 12.3. The fourth-order valence-electron chi connectivity index (χ4n) is 2.34. The Bertz CT molecular complexity index is 871. The molecule has 22 heavy (non-hydrogen) atoms. The van der Waals surface area contributed by atoms with Crippen LogP contribution in [0.5, 0.6) is 0 Å². The molecule has 0 aliphatic heterocycles. The van der Waals surface area contributed by atoms with Gasteiger partial charge >= 0.3 is 0 Å². The molecular formula is C16H16FN3OS. The Morgan fingerprint density at radius 1 is 1.41 bits per heavy atom. The maximum atomic E-state index is 13.2. The highest BCUT2D eigenvalue weighted by Crippen LogP contribution is 2.15. The van der Waals surface area contributed by atoms with E-state index in [1.165, 1.54) is 29.5 Å². The molecule has 0 amide bonds. The number of aryl methyl sites for hydroxylation is 1. The summed E-state index contributed by atoms with van der Waals surface area (Å²) in [5, 5.41) is 5.18. The second-order valence-electron chi connectivity index (χ2n) is 5.24. The first-order chi connectivity index (χ1) is 10.5. The molecule has 0 unspecified atom stereocenters. The number of halogens is 1. The van der Waals surface area contributed by atoms with Crippen molar-refractivity contribution in [3.63, 3.8) is 0 Å². The topological polar surface area (TPSA) is 46.4 Å². The number of thiazole rings is 1. The van der Waals surface area contributed by atoms with Crippen LogP contribution in [-0.4, -0.2) is 9.38 Å². The number of hydrogen-bond acceptors (Lipinski definition) is 4. The largest absolute Gasteiger partial charge is 0.305 e. The van der Waals surface area contributed by atoms with E-state index in [-0.39, 0.29) is 17.4 Å². The van der Waals surface area contributed by atoms with E-state index in [0.29, 0.717) is 17.2 Å². The molecule has 3 aromatic rings. The first-order valence-electron chi connectivity index (χ1n) is 7.00. The summed E-state index contributed by atoms with van der Waals surface area (Å²) in [6, 6.07) is 8.00. The molecule has 3 rings (SSSR count). The molecular weight excluding hydrogens is 301 g/mol. The number of nitrogens with one attached hydrogen (secondary N) is 1.